The van der Waals surface area contributed by atoms with Crippen molar-refractivity contribution in [3.63, 3.8) is 0 Å². The summed E-state index contributed by atoms with van der Waals surface area (Å²) in [5.74, 6) is 0. The lowest BCUT2D eigenvalue weighted by atomic mass is 10.2. The van der Waals surface area contributed by atoms with Crippen LogP contribution in [0.25, 0.3) is 0 Å². The van der Waals surface area contributed by atoms with Crippen LogP contribution in [-0.4, -0.2) is 14.8 Å². The molecule has 0 aliphatic heterocycles. The molecule has 0 saturated carbocycles. The number of aryl methyl sites for hydroxylation is 2. The summed E-state index contributed by atoms with van der Waals surface area (Å²) >= 11 is 0. The van der Waals surface area contributed by atoms with Gasteiger partial charge in [-0.2, -0.15) is 5.10 Å². The van der Waals surface area contributed by atoms with E-state index >= 15 is 0 Å². The van der Waals surface area contributed by atoms with Gasteiger partial charge in [0.25, 0.3) is 5.56 Å². The first-order chi connectivity index (χ1) is 7.75. The van der Waals surface area contributed by atoms with Gasteiger partial charge in [-0.15, -0.1) is 0 Å². The van der Waals surface area contributed by atoms with Gasteiger partial charge in [-0.25, -0.2) is 4.68 Å². The monoisotopic (exact) mass is 216 g/mol. The van der Waals surface area contributed by atoms with Crippen molar-refractivity contribution in [2.45, 2.75) is 13.0 Å². The molecule has 0 unspecified atom stereocenters. The summed E-state index contributed by atoms with van der Waals surface area (Å²) in [5.41, 5.74) is 6.74. The average Bonchev–Trinajstić information content (AvgIpc) is 2.29. The van der Waals surface area contributed by atoms with E-state index in [2.05, 4.69) is 10.1 Å². The highest BCUT2D eigenvalue weighted by Crippen LogP contribution is 1.98. The Hall–Kier alpha value is -2.17. The number of aromatic nitrogens is 3. The zero-order valence-electron chi connectivity index (χ0n) is 8.71. The van der Waals surface area contributed by atoms with Crippen molar-refractivity contribution in [1.29, 1.82) is 0 Å². The fourth-order valence-corrected chi connectivity index (χ4v) is 1.40. The van der Waals surface area contributed by atoms with Crippen LogP contribution in [0.5, 0.6) is 0 Å². The van der Waals surface area contributed by atoms with Gasteiger partial charge in [0.1, 0.15) is 0 Å². The second kappa shape index (κ2) is 4.57. The molecule has 2 aromatic heterocycles. The van der Waals surface area contributed by atoms with E-state index in [0.717, 1.165) is 12.0 Å². The van der Waals surface area contributed by atoms with Crippen molar-refractivity contribution >= 4 is 5.69 Å². The molecule has 0 amide bonds. The minimum absolute atomic E-state index is 0.177. The lowest BCUT2D eigenvalue weighted by Crippen LogP contribution is -2.23. The van der Waals surface area contributed by atoms with Gasteiger partial charge >= 0.3 is 0 Å². The SMILES string of the molecule is Nc1cnn(CCc2cccnc2)c(=O)c1. The molecule has 0 saturated heterocycles. The average molecular weight is 216 g/mol. The highest BCUT2D eigenvalue weighted by atomic mass is 16.1. The third-order valence-corrected chi connectivity index (χ3v) is 2.23. The first-order valence-corrected chi connectivity index (χ1v) is 4.97. The highest BCUT2D eigenvalue weighted by molar-refractivity contribution is 5.31. The van der Waals surface area contributed by atoms with Crippen LogP contribution in [0.15, 0.2) is 41.6 Å². The van der Waals surface area contributed by atoms with Gasteiger partial charge in [-0.3, -0.25) is 9.78 Å². The number of nitrogens with zero attached hydrogens (tertiary/aromatic N) is 3. The lowest BCUT2D eigenvalue weighted by Gasteiger charge is -2.03. The summed E-state index contributed by atoms with van der Waals surface area (Å²) < 4.78 is 1.39. The Balaban J connectivity index is 2.08. The van der Waals surface area contributed by atoms with E-state index < -0.39 is 0 Å². The quantitative estimate of drug-likeness (QED) is 0.809. The molecular formula is C11H12N4O. The van der Waals surface area contributed by atoms with Gasteiger partial charge in [-0.1, -0.05) is 6.07 Å². The Kier molecular flexibility index (Phi) is 2.95. The molecule has 16 heavy (non-hydrogen) atoms. The van der Waals surface area contributed by atoms with Gasteiger partial charge in [0.05, 0.1) is 11.9 Å². The Morgan fingerprint density at radius 2 is 2.25 bits per heavy atom. The number of rotatable bonds is 3. The fraction of sp³-hybridized carbons (Fsp3) is 0.182. The van der Waals surface area contributed by atoms with Gasteiger partial charge < -0.3 is 5.73 Å². The molecule has 0 fully saturated rings. The van der Waals surface area contributed by atoms with E-state index in [1.165, 1.54) is 16.9 Å². The van der Waals surface area contributed by atoms with E-state index in [1.807, 2.05) is 12.1 Å². The summed E-state index contributed by atoms with van der Waals surface area (Å²) in [6.07, 6.45) is 5.70. The third kappa shape index (κ3) is 2.44. The summed E-state index contributed by atoms with van der Waals surface area (Å²) in [4.78, 5) is 15.5. The number of hydrogen-bond donors (Lipinski definition) is 1. The largest absolute Gasteiger partial charge is 0.397 e. The van der Waals surface area contributed by atoms with Crippen LogP contribution in [0.1, 0.15) is 5.56 Å². The number of hydrogen-bond acceptors (Lipinski definition) is 4. The molecule has 5 heteroatoms. The molecule has 2 aromatic rings. The molecule has 82 valence electrons. The van der Waals surface area contributed by atoms with E-state index in [4.69, 9.17) is 5.73 Å². The van der Waals surface area contributed by atoms with Crippen LogP contribution < -0.4 is 11.3 Å². The number of nitrogen functional groups attached to an aromatic ring is 1. The van der Waals surface area contributed by atoms with Crippen LogP contribution >= 0.6 is 0 Å². The maximum absolute atomic E-state index is 11.5. The molecule has 0 radical (unpaired) electrons. The molecular weight excluding hydrogens is 204 g/mol. The van der Waals surface area contributed by atoms with Gasteiger partial charge in [0.15, 0.2) is 0 Å². The van der Waals surface area contributed by atoms with E-state index in [-0.39, 0.29) is 5.56 Å². The number of anilines is 1. The predicted octanol–water partition coefficient (Wildman–Crippen LogP) is 0.463. The van der Waals surface area contributed by atoms with Crippen LogP contribution in [0.3, 0.4) is 0 Å². The highest BCUT2D eigenvalue weighted by Gasteiger charge is 1.98. The molecule has 0 spiro atoms. The van der Waals surface area contributed by atoms with Gasteiger partial charge in [0.2, 0.25) is 0 Å². The second-order valence-corrected chi connectivity index (χ2v) is 3.46. The maximum atomic E-state index is 11.5. The summed E-state index contributed by atoms with van der Waals surface area (Å²) in [6.45, 7) is 0.533. The molecule has 2 rings (SSSR count). The van der Waals surface area contributed by atoms with Gasteiger partial charge in [-0.05, 0) is 18.1 Å². The molecule has 0 aromatic carbocycles. The summed E-state index contributed by atoms with van der Waals surface area (Å²) in [5, 5.41) is 3.95. The van der Waals surface area contributed by atoms with Crippen molar-refractivity contribution in [2.75, 3.05) is 5.73 Å². The van der Waals surface area contributed by atoms with E-state index in [9.17, 15) is 4.79 Å². The van der Waals surface area contributed by atoms with Crippen LogP contribution in [-0.2, 0) is 13.0 Å². The van der Waals surface area contributed by atoms with Crippen molar-refractivity contribution in [2.24, 2.45) is 0 Å². The fourth-order valence-electron chi connectivity index (χ4n) is 1.40. The third-order valence-electron chi connectivity index (χ3n) is 2.23. The van der Waals surface area contributed by atoms with Crippen LogP contribution in [0, 0.1) is 0 Å². The Labute approximate surface area is 92.6 Å². The molecule has 5 nitrogen and oxygen atoms in total. The molecule has 0 bridgehead atoms. The van der Waals surface area contributed by atoms with Crippen molar-refractivity contribution < 1.29 is 0 Å². The maximum Gasteiger partial charge on any atom is 0.268 e. The van der Waals surface area contributed by atoms with Crippen molar-refractivity contribution in [3.05, 3.63) is 52.7 Å². The standard InChI is InChI=1S/C11H12N4O/c12-10-6-11(16)15(14-8-10)5-3-9-2-1-4-13-7-9/h1-2,4,6-8H,3,5,12H2. The first kappa shape index (κ1) is 10.4. The zero-order valence-corrected chi connectivity index (χ0v) is 8.71. The summed E-state index contributed by atoms with van der Waals surface area (Å²) in [6, 6.07) is 5.21. The smallest absolute Gasteiger partial charge is 0.268 e. The molecule has 0 aliphatic carbocycles. The van der Waals surface area contributed by atoms with E-state index in [1.54, 1.807) is 12.4 Å². The molecule has 0 aliphatic rings. The normalized spacial score (nSPS) is 10.2. The topological polar surface area (TPSA) is 73.8 Å². The zero-order chi connectivity index (χ0) is 11.4. The minimum atomic E-state index is -0.177. The van der Waals surface area contributed by atoms with E-state index in [0.29, 0.717) is 12.2 Å². The minimum Gasteiger partial charge on any atom is -0.397 e. The summed E-state index contributed by atoms with van der Waals surface area (Å²) in [7, 11) is 0. The van der Waals surface area contributed by atoms with Crippen molar-refractivity contribution in [1.82, 2.24) is 14.8 Å². The number of nitrogens with two attached hydrogens (primary N) is 1. The number of pyridine rings is 1. The second-order valence-electron chi connectivity index (χ2n) is 3.46. The molecule has 2 N–H and O–H groups in total. The predicted molar refractivity (Wildman–Crippen MR) is 60.9 cm³/mol. The van der Waals surface area contributed by atoms with Gasteiger partial charge in [0, 0.05) is 25.0 Å². The Bertz CT molecular complexity index is 521. The Morgan fingerprint density at radius 1 is 1.38 bits per heavy atom. The lowest BCUT2D eigenvalue weighted by molar-refractivity contribution is 0.578. The Morgan fingerprint density at radius 3 is 2.94 bits per heavy atom. The molecule has 2 heterocycles. The molecule has 0 atom stereocenters. The van der Waals surface area contributed by atoms with Crippen LogP contribution in [0.2, 0.25) is 0 Å². The first-order valence-electron chi connectivity index (χ1n) is 4.97. The van der Waals surface area contributed by atoms with Crippen LogP contribution in [0.4, 0.5) is 5.69 Å². The van der Waals surface area contributed by atoms with Crippen molar-refractivity contribution in [3.8, 4) is 0 Å².